The van der Waals surface area contributed by atoms with Gasteiger partial charge in [0, 0.05) is 13.0 Å². The summed E-state index contributed by atoms with van der Waals surface area (Å²) in [5, 5.41) is 9.35. The minimum Gasteiger partial charge on any atom is -0.468 e. The number of ether oxygens (including phenoxy) is 2. The van der Waals surface area contributed by atoms with Gasteiger partial charge in [-0.15, -0.1) is 10.2 Å². The van der Waals surface area contributed by atoms with Gasteiger partial charge in [0.25, 0.3) is 0 Å². The van der Waals surface area contributed by atoms with Crippen LogP contribution in [0.15, 0.2) is 35.5 Å². The fourth-order valence-electron chi connectivity index (χ4n) is 2.69. The van der Waals surface area contributed by atoms with E-state index in [0.29, 0.717) is 6.42 Å². The summed E-state index contributed by atoms with van der Waals surface area (Å²) in [6.45, 7) is 1.53. The van der Waals surface area contributed by atoms with Crippen molar-refractivity contribution >= 4 is 17.7 Å². The molecule has 0 bridgehead atoms. The first-order valence-corrected chi connectivity index (χ1v) is 9.02. The fraction of sp³-hybridized carbons (Fsp3) is 0.471. The zero-order chi connectivity index (χ0) is 16.8. The van der Waals surface area contributed by atoms with E-state index in [9.17, 15) is 4.79 Å². The Balaban J connectivity index is 1.78. The van der Waals surface area contributed by atoms with Crippen molar-refractivity contribution in [3.05, 3.63) is 41.7 Å². The number of hydrogen-bond donors (Lipinski definition) is 0. The molecule has 2 aromatic rings. The molecule has 1 aromatic heterocycles. The van der Waals surface area contributed by atoms with Gasteiger partial charge in [0.1, 0.15) is 5.82 Å². The summed E-state index contributed by atoms with van der Waals surface area (Å²) >= 11 is 1.35. The smallest absolute Gasteiger partial charge is 0.316 e. The number of carbonyl (C=O) groups is 1. The lowest BCUT2D eigenvalue weighted by atomic mass is 10.1. The van der Waals surface area contributed by atoms with Gasteiger partial charge < -0.3 is 14.0 Å². The second-order valence-electron chi connectivity index (χ2n) is 5.67. The number of rotatable bonds is 7. The molecule has 128 valence electrons. The number of nitrogens with zero attached hydrogens (tertiary/aromatic N) is 3. The third kappa shape index (κ3) is 4.36. The molecule has 2 heterocycles. The van der Waals surface area contributed by atoms with Crippen LogP contribution in [0.3, 0.4) is 0 Å². The lowest BCUT2D eigenvalue weighted by Crippen LogP contribution is -2.18. The minimum atomic E-state index is -0.267. The number of esters is 1. The van der Waals surface area contributed by atoms with Crippen LogP contribution in [0.25, 0.3) is 0 Å². The van der Waals surface area contributed by atoms with Crippen LogP contribution < -0.4 is 0 Å². The van der Waals surface area contributed by atoms with E-state index in [0.717, 1.165) is 37.0 Å². The molecule has 0 spiro atoms. The molecule has 1 unspecified atom stereocenters. The Bertz CT molecular complexity index is 669. The molecule has 1 aromatic carbocycles. The van der Waals surface area contributed by atoms with Crippen molar-refractivity contribution in [3.8, 4) is 0 Å². The van der Waals surface area contributed by atoms with Gasteiger partial charge in [-0.3, -0.25) is 4.79 Å². The van der Waals surface area contributed by atoms with Crippen molar-refractivity contribution in [2.24, 2.45) is 0 Å². The highest BCUT2D eigenvalue weighted by Gasteiger charge is 2.21. The van der Waals surface area contributed by atoms with Crippen LogP contribution in [0, 0.1) is 0 Å². The van der Waals surface area contributed by atoms with E-state index in [-0.39, 0.29) is 17.8 Å². The molecule has 3 rings (SSSR count). The summed E-state index contributed by atoms with van der Waals surface area (Å²) < 4.78 is 12.5. The molecule has 1 fully saturated rings. The predicted molar refractivity (Wildman–Crippen MR) is 91.0 cm³/mol. The van der Waals surface area contributed by atoms with E-state index in [2.05, 4.69) is 26.9 Å². The Morgan fingerprint density at radius 2 is 2.21 bits per heavy atom. The molecule has 0 radical (unpaired) electrons. The summed E-state index contributed by atoms with van der Waals surface area (Å²) in [6.07, 6.45) is 3.03. The second kappa shape index (κ2) is 8.30. The van der Waals surface area contributed by atoms with Crippen molar-refractivity contribution < 1.29 is 14.3 Å². The highest BCUT2D eigenvalue weighted by Crippen LogP contribution is 2.22. The normalized spacial score (nSPS) is 17.1. The summed E-state index contributed by atoms with van der Waals surface area (Å²) in [6, 6.07) is 10.2. The first-order valence-electron chi connectivity index (χ1n) is 8.03. The van der Waals surface area contributed by atoms with Crippen molar-refractivity contribution in [2.45, 2.75) is 37.1 Å². The Hall–Kier alpha value is -1.86. The van der Waals surface area contributed by atoms with Gasteiger partial charge in [-0.1, -0.05) is 42.1 Å². The number of aromatic nitrogens is 3. The molecule has 0 N–H and O–H groups in total. The van der Waals surface area contributed by atoms with E-state index in [1.807, 2.05) is 18.2 Å². The van der Waals surface area contributed by atoms with E-state index < -0.39 is 0 Å². The summed E-state index contributed by atoms with van der Waals surface area (Å²) in [5.41, 5.74) is 1.18. The van der Waals surface area contributed by atoms with Gasteiger partial charge >= 0.3 is 5.97 Å². The Morgan fingerprint density at radius 3 is 2.92 bits per heavy atom. The van der Waals surface area contributed by atoms with Crippen LogP contribution in [-0.4, -0.2) is 46.3 Å². The van der Waals surface area contributed by atoms with E-state index >= 15 is 0 Å². The van der Waals surface area contributed by atoms with Crippen molar-refractivity contribution in [2.75, 3.05) is 19.5 Å². The topological polar surface area (TPSA) is 66.2 Å². The average molecular weight is 347 g/mol. The van der Waals surface area contributed by atoms with Crippen molar-refractivity contribution in [1.82, 2.24) is 14.8 Å². The van der Waals surface area contributed by atoms with Gasteiger partial charge in [0.2, 0.25) is 0 Å². The van der Waals surface area contributed by atoms with Gasteiger partial charge in [0.05, 0.1) is 25.5 Å². The molecule has 1 aliphatic heterocycles. The number of thioether (sulfide) groups is 1. The molecule has 1 saturated heterocycles. The zero-order valence-electron chi connectivity index (χ0n) is 13.7. The third-order valence-corrected chi connectivity index (χ3v) is 4.90. The van der Waals surface area contributed by atoms with E-state index in [4.69, 9.17) is 9.47 Å². The molecular formula is C17H21N3O3S. The lowest BCUT2D eigenvalue weighted by molar-refractivity contribution is -0.137. The summed E-state index contributed by atoms with van der Waals surface area (Å²) in [4.78, 5) is 11.4. The number of benzene rings is 1. The highest BCUT2D eigenvalue weighted by atomic mass is 32.2. The van der Waals surface area contributed by atoms with Crippen LogP contribution in [-0.2, 0) is 27.2 Å². The molecule has 0 amide bonds. The maximum Gasteiger partial charge on any atom is 0.316 e. The second-order valence-corrected chi connectivity index (χ2v) is 6.61. The monoisotopic (exact) mass is 347 g/mol. The largest absolute Gasteiger partial charge is 0.468 e. The Labute approximate surface area is 145 Å². The van der Waals surface area contributed by atoms with E-state index in [1.165, 1.54) is 24.4 Å². The lowest BCUT2D eigenvalue weighted by Gasteiger charge is -2.14. The van der Waals surface area contributed by atoms with Crippen LogP contribution in [0.2, 0.25) is 0 Å². The molecular weight excluding hydrogens is 326 g/mol. The summed E-state index contributed by atoms with van der Waals surface area (Å²) in [7, 11) is 1.39. The average Bonchev–Trinajstić information content (AvgIpc) is 3.25. The number of carbonyl (C=O) groups excluding carboxylic acids is 1. The molecule has 0 aliphatic carbocycles. The highest BCUT2D eigenvalue weighted by molar-refractivity contribution is 7.99. The minimum absolute atomic E-state index is 0.188. The van der Waals surface area contributed by atoms with Gasteiger partial charge in [-0.05, 0) is 18.4 Å². The van der Waals surface area contributed by atoms with Crippen LogP contribution in [0.4, 0.5) is 0 Å². The van der Waals surface area contributed by atoms with Crippen molar-refractivity contribution in [3.63, 3.8) is 0 Å². The predicted octanol–water partition coefficient (Wildman–Crippen LogP) is 2.31. The van der Waals surface area contributed by atoms with Crippen LogP contribution in [0.5, 0.6) is 0 Å². The van der Waals surface area contributed by atoms with Gasteiger partial charge in [-0.25, -0.2) is 0 Å². The number of hydrogen-bond acceptors (Lipinski definition) is 6. The molecule has 1 atom stereocenters. The quantitative estimate of drug-likeness (QED) is 0.566. The van der Waals surface area contributed by atoms with E-state index in [1.54, 1.807) is 0 Å². The molecule has 1 aliphatic rings. The van der Waals surface area contributed by atoms with Crippen LogP contribution in [0.1, 0.15) is 24.2 Å². The zero-order valence-corrected chi connectivity index (χ0v) is 14.5. The maximum atomic E-state index is 11.4. The van der Waals surface area contributed by atoms with Gasteiger partial charge in [0.15, 0.2) is 5.16 Å². The first kappa shape index (κ1) is 17.0. The molecule has 24 heavy (non-hydrogen) atoms. The fourth-order valence-corrected chi connectivity index (χ4v) is 3.49. The Kier molecular flexibility index (Phi) is 5.87. The standard InChI is InChI=1S/C17H21N3O3S/c1-22-16(21)12-24-17-19-18-15(10-13-6-3-2-4-7-13)20(17)11-14-8-5-9-23-14/h2-4,6-7,14H,5,8-12H2,1H3. The van der Waals surface area contributed by atoms with Crippen LogP contribution >= 0.6 is 11.8 Å². The first-order chi connectivity index (χ1) is 11.8. The SMILES string of the molecule is COC(=O)CSc1nnc(Cc2ccccc2)n1CC1CCCO1. The van der Waals surface area contributed by atoms with Crippen molar-refractivity contribution in [1.29, 1.82) is 0 Å². The third-order valence-electron chi connectivity index (χ3n) is 3.96. The number of methoxy groups -OCH3 is 1. The molecule has 6 nitrogen and oxygen atoms in total. The molecule has 0 saturated carbocycles. The molecule has 7 heteroatoms. The Morgan fingerprint density at radius 1 is 1.38 bits per heavy atom. The summed E-state index contributed by atoms with van der Waals surface area (Å²) in [5.74, 6) is 0.853. The van der Waals surface area contributed by atoms with Gasteiger partial charge in [-0.2, -0.15) is 0 Å². The maximum absolute atomic E-state index is 11.4.